The highest BCUT2D eigenvalue weighted by molar-refractivity contribution is 6.41. The van der Waals surface area contributed by atoms with E-state index in [-0.39, 0.29) is 5.78 Å². The first-order valence-electron chi connectivity index (χ1n) is 10.7. The maximum absolute atomic E-state index is 13.8. The second kappa shape index (κ2) is 7.17. The topological polar surface area (TPSA) is 34.4 Å². The van der Waals surface area contributed by atoms with Crippen molar-refractivity contribution in [3.63, 3.8) is 0 Å². The van der Waals surface area contributed by atoms with Crippen molar-refractivity contribution < 1.29 is 4.79 Å². The molecule has 0 aliphatic heterocycles. The van der Waals surface area contributed by atoms with Gasteiger partial charge < -0.3 is 4.57 Å². The highest BCUT2D eigenvalue weighted by atomic mass is 16.1. The van der Waals surface area contributed by atoms with Crippen molar-refractivity contribution in [3.05, 3.63) is 120 Å². The van der Waals surface area contributed by atoms with Gasteiger partial charge in [0.25, 0.3) is 0 Å². The molecule has 4 aromatic carbocycles. The average Bonchev–Trinajstić information content (AvgIpc) is 3.17. The van der Waals surface area contributed by atoms with E-state index in [1.165, 1.54) is 0 Å². The van der Waals surface area contributed by atoms with Gasteiger partial charge >= 0.3 is 0 Å². The van der Waals surface area contributed by atoms with Gasteiger partial charge in [0.05, 0.1) is 11.4 Å². The Balaban J connectivity index is 1.64. The molecule has 0 saturated carbocycles. The predicted octanol–water partition coefficient (Wildman–Crippen LogP) is 6.73. The summed E-state index contributed by atoms with van der Waals surface area (Å²) < 4.78 is 2.07. The Hall–Kier alpha value is -4.24. The van der Waals surface area contributed by atoms with E-state index in [0.29, 0.717) is 11.1 Å². The van der Waals surface area contributed by atoms with Crippen molar-refractivity contribution in [2.75, 3.05) is 0 Å². The maximum Gasteiger partial charge on any atom is 0.194 e. The number of ketones is 1. The van der Waals surface area contributed by atoms with Gasteiger partial charge in [0.2, 0.25) is 0 Å². The van der Waals surface area contributed by atoms with E-state index in [4.69, 9.17) is 4.99 Å². The van der Waals surface area contributed by atoms with E-state index in [1.807, 2.05) is 86.1 Å². The van der Waals surface area contributed by atoms with Crippen molar-refractivity contribution in [3.8, 4) is 0 Å². The molecule has 0 N–H and O–H groups in total. The molecule has 0 amide bonds. The number of para-hydroxylation sites is 2. The summed E-state index contributed by atoms with van der Waals surface area (Å²) in [6.07, 6.45) is 3.99. The number of Topliss-reactive ketones (excluding diaryl/α,β-unsaturated/α-hetero) is 1. The number of aryl methyl sites for hydroxylation is 1. The number of rotatable bonds is 2. The van der Waals surface area contributed by atoms with E-state index in [1.54, 1.807) is 0 Å². The molecule has 3 nitrogen and oxygen atoms in total. The largest absolute Gasteiger partial charge is 0.350 e. The molecule has 1 aromatic heterocycles. The summed E-state index contributed by atoms with van der Waals surface area (Å²) in [7, 11) is 2.01. The number of benzene rings is 4. The van der Waals surface area contributed by atoms with E-state index in [0.717, 1.165) is 44.2 Å². The number of fused-ring (bicyclic) bond motifs is 3. The number of nitrogens with zero attached hydrogens (tertiary/aromatic N) is 2. The van der Waals surface area contributed by atoms with Crippen LogP contribution in [0.3, 0.4) is 0 Å². The summed E-state index contributed by atoms with van der Waals surface area (Å²) in [4.78, 5) is 18.7. The van der Waals surface area contributed by atoms with Crippen molar-refractivity contribution >= 4 is 44.4 Å². The van der Waals surface area contributed by atoms with E-state index < -0.39 is 0 Å². The minimum absolute atomic E-state index is 0.0362. The Labute approximate surface area is 186 Å². The highest BCUT2D eigenvalue weighted by Gasteiger charge is 2.27. The van der Waals surface area contributed by atoms with Crippen molar-refractivity contribution in [2.45, 2.75) is 0 Å². The summed E-state index contributed by atoms with van der Waals surface area (Å²) in [6.45, 7) is 0. The fraction of sp³-hybridized carbons (Fsp3) is 0.0345. The van der Waals surface area contributed by atoms with Crippen LogP contribution in [-0.4, -0.2) is 16.1 Å². The first-order chi connectivity index (χ1) is 15.7. The SMILES string of the molecule is Cn1cc(C2=CC(=Nc3ccccc3)c3cc4ccccc4cc3C2=O)c2ccccc21. The van der Waals surface area contributed by atoms with Crippen molar-refractivity contribution in [1.29, 1.82) is 0 Å². The van der Waals surface area contributed by atoms with Crippen LogP contribution in [0.2, 0.25) is 0 Å². The van der Waals surface area contributed by atoms with Gasteiger partial charge in [0.15, 0.2) is 5.78 Å². The van der Waals surface area contributed by atoms with Gasteiger partial charge in [-0.05, 0) is 47.2 Å². The summed E-state index contributed by atoms with van der Waals surface area (Å²) in [5, 5.41) is 3.22. The minimum atomic E-state index is 0.0362. The molecule has 0 spiro atoms. The van der Waals surface area contributed by atoms with Gasteiger partial charge in [-0.25, -0.2) is 4.99 Å². The molecular weight excluding hydrogens is 392 g/mol. The van der Waals surface area contributed by atoms with E-state index >= 15 is 0 Å². The Morgan fingerprint density at radius 1 is 0.719 bits per heavy atom. The average molecular weight is 412 g/mol. The zero-order valence-electron chi connectivity index (χ0n) is 17.6. The third kappa shape index (κ3) is 2.90. The molecule has 1 aliphatic rings. The van der Waals surface area contributed by atoms with Gasteiger partial charge in [-0.2, -0.15) is 0 Å². The number of hydrogen-bond acceptors (Lipinski definition) is 2. The molecular formula is C29H20N2O. The Morgan fingerprint density at radius 3 is 2.16 bits per heavy atom. The molecule has 0 atom stereocenters. The van der Waals surface area contributed by atoms with Gasteiger partial charge in [0, 0.05) is 46.4 Å². The number of carbonyl (C=O) groups is 1. The lowest BCUT2D eigenvalue weighted by atomic mass is 9.84. The summed E-state index contributed by atoms with van der Waals surface area (Å²) in [6, 6.07) is 30.3. The Kier molecular flexibility index (Phi) is 4.15. The quantitative estimate of drug-likeness (QED) is 0.316. The van der Waals surface area contributed by atoms with Crippen LogP contribution in [0.4, 0.5) is 5.69 Å². The molecule has 0 bridgehead atoms. The molecule has 6 rings (SSSR count). The molecule has 3 heteroatoms. The van der Waals surface area contributed by atoms with Crippen LogP contribution >= 0.6 is 0 Å². The Morgan fingerprint density at radius 2 is 1.38 bits per heavy atom. The first-order valence-corrected chi connectivity index (χ1v) is 10.7. The van der Waals surface area contributed by atoms with E-state index in [9.17, 15) is 4.79 Å². The fourth-order valence-corrected chi connectivity index (χ4v) is 4.56. The lowest BCUT2D eigenvalue weighted by Gasteiger charge is -2.19. The minimum Gasteiger partial charge on any atom is -0.350 e. The van der Waals surface area contributed by atoms with Gasteiger partial charge in [0.1, 0.15) is 0 Å². The van der Waals surface area contributed by atoms with Crippen LogP contribution in [-0.2, 0) is 7.05 Å². The third-order valence-corrected chi connectivity index (χ3v) is 6.12. The number of hydrogen-bond donors (Lipinski definition) is 0. The summed E-state index contributed by atoms with van der Waals surface area (Å²) >= 11 is 0. The Bertz CT molecular complexity index is 1590. The fourth-order valence-electron chi connectivity index (χ4n) is 4.56. The van der Waals surface area contributed by atoms with Crippen LogP contribution in [0.15, 0.2) is 108 Å². The van der Waals surface area contributed by atoms with Crippen LogP contribution in [0, 0.1) is 0 Å². The zero-order valence-corrected chi connectivity index (χ0v) is 17.6. The molecule has 0 fully saturated rings. The summed E-state index contributed by atoms with van der Waals surface area (Å²) in [5.41, 5.74) is 5.96. The van der Waals surface area contributed by atoms with Crippen molar-refractivity contribution in [1.82, 2.24) is 4.57 Å². The smallest absolute Gasteiger partial charge is 0.194 e. The van der Waals surface area contributed by atoms with Gasteiger partial charge in [-0.3, -0.25) is 4.79 Å². The molecule has 152 valence electrons. The lowest BCUT2D eigenvalue weighted by Crippen LogP contribution is -2.17. The molecule has 1 aliphatic carbocycles. The zero-order chi connectivity index (χ0) is 21.7. The molecule has 0 unspecified atom stereocenters. The first kappa shape index (κ1) is 18.5. The van der Waals surface area contributed by atoms with Crippen molar-refractivity contribution in [2.24, 2.45) is 12.0 Å². The van der Waals surface area contributed by atoms with E-state index in [2.05, 4.69) is 28.8 Å². The molecule has 1 heterocycles. The molecule has 0 saturated heterocycles. The van der Waals surface area contributed by atoms with Gasteiger partial charge in [-0.1, -0.05) is 60.7 Å². The van der Waals surface area contributed by atoms with Crippen LogP contribution in [0.25, 0.3) is 27.2 Å². The van der Waals surface area contributed by atoms with Crippen LogP contribution in [0.1, 0.15) is 21.5 Å². The highest BCUT2D eigenvalue weighted by Crippen LogP contribution is 2.35. The molecule has 32 heavy (non-hydrogen) atoms. The maximum atomic E-state index is 13.8. The summed E-state index contributed by atoms with van der Waals surface area (Å²) in [5.74, 6) is 0.0362. The van der Waals surface area contributed by atoms with Crippen LogP contribution in [0.5, 0.6) is 0 Å². The second-order valence-electron chi connectivity index (χ2n) is 8.14. The number of carbonyl (C=O) groups excluding carboxylic acids is 1. The molecule has 5 aromatic rings. The number of allylic oxidation sites excluding steroid dienone is 2. The lowest BCUT2D eigenvalue weighted by molar-refractivity contribution is 0.105. The predicted molar refractivity (Wildman–Crippen MR) is 132 cm³/mol. The third-order valence-electron chi connectivity index (χ3n) is 6.12. The monoisotopic (exact) mass is 412 g/mol. The van der Waals surface area contributed by atoms with Gasteiger partial charge in [-0.15, -0.1) is 0 Å². The standard InChI is InChI=1S/C29H20N2O/c1-31-18-26(22-13-7-8-14-28(22)31)25-17-27(30-21-11-3-2-4-12-21)23-15-19-9-5-6-10-20(19)16-24(23)29(25)32/h2-18H,1H3. The second-order valence-corrected chi connectivity index (χ2v) is 8.14. The molecule has 0 radical (unpaired) electrons. The number of aliphatic imine (C=N–C) groups is 1. The normalized spacial score (nSPS) is 14.7. The van der Waals surface area contributed by atoms with Crippen LogP contribution < -0.4 is 0 Å². The number of aromatic nitrogens is 1.